The molecule has 152 valence electrons. The van der Waals surface area contributed by atoms with E-state index >= 15 is 0 Å². The minimum absolute atomic E-state index is 0.0266. The first kappa shape index (κ1) is 18.2. The van der Waals surface area contributed by atoms with E-state index in [-0.39, 0.29) is 12.5 Å². The van der Waals surface area contributed by atoms with Crippen LogP contribution >= 0.6 is 0 Å². The van der Waals surface area contributed by atoms with Gasteiger partial charge in [-0.1, -0.05) is 12.1 Å². The first-order valence-electron chi connectivity index (χ1n) is 9.77. The molecule has 1 aliphatic heterocycles. The second-order valence-electron chi connectivity index (χ2n) is 7.13. The van der Waals surface area contributed by atoms with Crippen LogP contribution in [0.5, 0.6) is 0 Å². The van der Waals surface area contributed by atoms with Crippen LogP contribution < -0.4 is 10.7 Å². The monoisotopic (exact) mass is 404 g/mol. The maximum Gasteiger partial charge on any atom is 0.420 e. The number of piperazine rings is 1. The molecule has 0 spiro atoms. The maximum atomic E-state index is 12.8. The highest BCUT2D eigenvalue weighted by atomic mass is 16.4. The van der Waals surface area contributed by atoms with E-state index in [0.29, 0.717) is 37.3 Å². The van der Waals surface area contributed by atoms with Gasteiger partial charge in [0, 0.05) is 38.6 Å². The van der Waals surface area contributed by atoms with Crippen LogP contribution in [0.1, 0.15) is 0 Å². The Hall–Kier alpha value is -3.88. The lowest BCUT2D eigenvalue weighted by Crippen LogP contribution is -2.50. The first-order chi connectivity index (χ1) is 14.7. The van der Waals surface area contributed by atoms with Crippen molar-refractivity contribution in [1.82, 2.24) is 24.2 Å². The maximum absolute atomic E-state index is 12.8. The molecule has 5 rings (SSSR count). The number of carbonyl (C=O) groups is 1. The van der Waals surface area contributed by atoms with Crippen LogP contribution in [0, 0.1) is 0 Å². The molecular formula is C21H20N6O3. The summed E-state index contributed by atoms with van der Waals surface area (Å²) < 4.78 is 8.49. The average Bonchev–Trinajstić information content (AvgIpc) is 3.43. The van der Waals surface area contributed by atoms with Gasteiger partial charge in [0.05, 0.1) is 5.52 Å². The number of fused-ring (bicyclic) bond motifs is 1. The van der Waals surface area contributed by atoms with Gasteiger partial charge in [0.2, 0.25) is 5.91 Å². The number of rotatable bonds is 4. The van der Waals surface area contributed by atoms with E-state index in [0.717, 1.165) is 11.6 Å². The minimum atomic E-state index is -0.513. The summed E-state index contributed by atoms with van der Waals surface area (Å²) in [6.07, 6.45) is 3.84. The molecule has 1 fully saturated rings. The van der Waals surface area contributed by atoms with Crippen molar-refractivity contribution in [1.29, 1.82) is 0 Å². The molecule has 3 aromatic heterocycles. The van der Waals surface area contributed by atoms with E-state index in [1.165, 1.54) is 4.57 Å². The number of anilines is 1. The van der Waals surface area contributed by atoms with Crippen LogP contribution in [0.25, 0.3) is 16.9 Å². The Kier molecular flexibility index (Phi) is 4.55. The lowest BCUT2D eigenvalue weighted by atomic mass is 10.3. The van der Waals surface area contributed by atoms with Crippen molar-refractivity contribution >= 4 is 22.8 Å². The van der Waals surface area contributed by atoms with Crippen LogP contribution in [0.4, 0.5) is 5.82 Å². The Morgan fingerprint density at radius 3 is 2.33 bits per heavy atom. The molecule has 4 aromatic rings. The fourth-order valence-electron chi connectivity index (χ4n) is 3.70. The third kappa shape index (κ3) is 3.34. The summed E-state index contributed by atoms with van der Waals surface area (Å²) in [5.74, 6) is 0.934. The van der Waals surface area contributed by atoms with Crippen molar-refractivity contribution < 1.29 is 9.21 Å². The number of hydrogen-bond acceptors (Lipinski definition) is 6. The van der Waals surface area contributed by atoms with Gasteiger partial charge in [-0.2, -0.15) is 0 Å². The third-order valence-electron chi connectivity index (χ3n) is 5.33. The van der Waals surface area contributed by atoms with E-state index < -0.39 is 5.76 Å². The molecule has 0 saturated carbocycles. The first-order valence-corrected chi connectivity index (χ1v) is 9.77. The highest BCUT2D eigenvalue weighted by Gasteiger charge is 2.23. The van der Waals surface area contributed by atoms with Crippen molar-refractivity contribution in [2.75, 3.05) is 31.1 Å². The van der Waals surface area contributed by atoms with Crippen LogP contribution in [-0.2, 0) is 11.3 Å². The molecule has 0 aliphatic carbocycles. The van der Waals surface area contributed by atoms with Gasteiger partial charge >= 0.3 is 5.76 Å². The van der Waals surface area contributed by atoms with Crippen LogP contribution in [-0.4, -0.2) is 56.3 Å². The van der Waals surface area contributed by atoms with Crippen molar-refractivity contribution in [3.8, 4) is 5.82 Å². The summed E-state index contributed by atoms with van der Waals surface area (Å²) in [5, 5.41) is 8.61. The SMILES string of the molecule is O=C(Cn1c(=O)oc2ccccc21)N1CCN(c2ccc(-n3cccc3)nn2)CC1. The number of carbonyl (C=O) groups excluding carboxylic acids is 1. The van der Waals surface area contributed by atoms with Crippen LogP contribution in [0.15, 0.2) is 70.1 Å². The molecule has 4 heterocycles. The zero-order chi connectivity index (χ0) is 20.5. The summed E-state index contributed by atoms with van der Waals surface area (Å²) in [5.41, 5.74) is 1.12. The Morgan fingerprint density at radius 1 is 0.900 bits per heavy atom. The Labute approximate surface area is 171 Å². The lowest BCUT2D eigenvalue weighted by molar-refractivity contribution is -0.132. The van der Waals surface area contributed by atoms with Gasteiger partial charge in [0.1, 0.15) is 6.54 Å². The highest BCUT2D eigenvalue weighted by molar-refractivity contribution is 5.79. The molecule has 0 bridgehead atoms. The quantitative estimate of drug-likeness (QED) is 0.512. The molecule has 0 unspecified atom stereocenters. The van der Waals surface area contributed by atoms with Gasteiger partial charge in [0.25, 0.3) is 0 Å². The largest absolute Gasteiger partial charge is 0.420 e. The van der Waals surface area contributed by atoms with E-state index in [9.17, 15) is 9.59 Å². The molecular weight excluding hydrogens is 384 g/mol. The van der Waals surface area contributed by atoms with Gasteiger partial charge in [-0.25, -0.2) is 4.79 Å². The standard InChI is InChI=1S/C21H20N6O3/c28-20(15-27-16-5-1-2-6-17(16)30-21(27)29)26-13-11-25(12-14-26)19-8-7-18(22-23-19)24-9-3-4-10-24/h1-10H,11-15H2. The van der Waals surface area contributed by atoms with Gasteiger partial charge < -0.3 is 18.8 Å². The molecule has 30 heavy (non-hydrogen) atoms. The smallest absolute Gasteiger partial charge is 0.408 e. The number of benzene rings is 1. The molecule has 1 amide bonds. The Balaban J connectivity index is 1.23. The van der Waals surface area contributed by atoms with Gasteiger partial charge in [0.15, 0.2) is 17.2 Å². The van der Waals surface area contributed by atoms with E-state index in [4.69, 9.17) is 4.42 Å². The zero-order valence-corrected chi connectivity index (χ0v) is 16.2. The van der Waals surface area contributed by atoms with Crippen molar-refractivity contribution in [3.63, 3.8) is 0 Å². The van der Waals surface area contributed by atoms with Crippen molar-refractivity contribution in [2.45, 2.75) is 6.54 Å². The average molecular weight is 404 g/mol. The van der Waals surface area contributed by atoms with Crippen LogP contribution in [0.2, 0.25) is 0 Å². The molecule has 0 N–H and O–H groups in total. The van der Waals surface area contributed by atoms with E-state index in [1.54, 1.807) is 23.1 Å². The number of amides is 1. The number of nitrogens with zero attached hydrogens (tertiary/aromatic N) is 6. The summed E-state index contributed by atoms with van der Waals surface area (Å²) >= 11 is 0. The highest BCUT2D eigenvalue weighted by Crippen LogP contribution is 2.16. The predicted molar refractivity (Wildman–Crippen MR) is 111 cm³/mol. The van der Waals surface area contributed by atoms with Gasteiger partial charge in [-0.15, -0.1) is 10.2 Å². The number of para-hydroxylation sites is 2. The summed E-state index contributed by atoms with van der Waals surface area (Å²) in [6, 6.07) is 14.9. The molecule has 0 atom stereocenters. The molecule has 1 aromatic carbocycles. The van der Waals surface area contributed by atoms with E-state index in [2.05, 4.69) is 15.1 Å². The second kappa shape index (κ2) is 7.51. The van der Waals surface area contributed by atoms with Crippen molar-refractivity contribution in [3.05, 3.63) is 71.5 Å². The zero-order valence-electron chi connectivity index (χ0n) is 16.2. The molecule has 9 nitrogen and oxygen atoms in total. The summed E-state index contributed by atoms with van der Waals surface area (Å²) in [7, 11) is 0. The fourth-order valence-corrected chi connectivity index (χ4v) is 3.70. The third-order valence-corrected chi connectivity index (χ3v) is 5.33. The number of aromatic nitrogens is 4. The van der Waals surface area contributed by atoms with E-state index in [1.807, 2.05) is 47.3 Å². The van der Waals surface area contributed by atoms with Gasteiger partial charge in [-0.3, -0.25) is 9.36 Å². The van der Waals surface area contributed by atoms with Crippen molar-refractivity contribution in [2.24, 2.45) is 0 Å². The number of oxazole rings is 1. The summed E-state index contributed by atoms with van der Waals surface area (Å²) in [4.78, 5) is 28.7. The molecule has 1 saturated heterocycles. The fraction of sp³-hybridized carbons (Fsp3) is 0.238. The topological polar surface area (TPSA) is 89.4 Å². The second-order valence-corrected chi connectivity index (χ2v) is 7.13. The minimum Gasteiger partial charge on any atom is -0.408 e. The van der Waals surface area contributed by atoms with Gasteiger partial charge in [-0.05, 0) is 36.4 Å². The molecule has 9 heteroatoms. The molecule has 0 radical (unpaired) electrons. The Bertz CT molecular complexity index is 1220. The predicted octanol–water partition coefficient (Wildman–Crippen LogP) is 1.52. The summed E-state index contributed by atoms with van der Waals surface area (Å²) in [6.45, 7) is 2.41. The normalized spacial score (nSPS) is 14.4. The lowest BCUT2D eigenvalue weighted by Gasteiger charge is -2.35. The van der Waals surface area contributed by atoms with Crippen LogP contribution in [0.3, 0.4) is 0 Å². The Morgan fingerprint density at radius 2 is 1.60 bits per heavy atom. The molecule has 1 aliphatic rings. The number of hydrogen-bond donors (Lipinski definition) is 0.